The number of morpholine rings is 1. The maximum atomic E-state index is 6.48. The summed E-state index contributed by atoms with van der Waals surface area (Å²) < 4.78 is 5.78. The number of nitrogens with zero attached hydrogens (tertiary/aromatic N) is 1. The van der Waals surface area contributed by atoms with Gasteiger partial charge in [-0.05, 0) is 51.4 Å². The topological polar surface area (TPSA) is 50.5 Å². The molecule has 22 heavy (non-hydrogen) atoms. The number of ether oxygens (including phenoxy) is 1. The number of nitrogens with one attached hydrogen (secondary N) is 1. The van der Waals surface area contributed by atoms with E-state index in [9.17, 15) is 0 Å². The van der Waals surface area contributed by atoms with Crippen LogP contribution in [0.4, 0.5) is 11.4 Å². The van der Waals surface area contributed by atoms with Crippen molar-refractivity contribution >= 4 is 23.0 Å². The van der Waals surface area contributed by atoms with Gasteiger partial charge < -0.3 is 20.7 Å². The Bertz CT molecular complexity index is 459. The second kappa shape index (κ2) is 8.61. The monoisotopic (exact) mass is 325 g/mol. The van der Waals surface area contributed by atoms with Gasteiger partial charge in [0.25, 0.3) is 0 Å². The van der Waals surface area contributed by atoms with Crippen molar-refractivity contribution in [3.05, 3.63) is 23.2 Å². The maximum Gasteiger partial charge on any atom is 0.0726 e. The van der Waals surface area contributed by atoms with Gasteiger partial charge in [-0.2, -0.15) is 0 Å². The summed E-state index contributed by atoms with van der Waals surface area (Å²) >= 11 is 6.48. The maximum absolute atomic E-state index is 6.48. The molecule has 2 unspecified atom stereocenters. The predicted octanol–water partition coefficient (Wildman–Crippen LogP) is 3.49. The molecule has 4 nitrogen and oxygen atoms in total. The summed E-state index contributed by atoms with van der Waals surface area (Å²) in [6.07, 6.45) is 3.86. The standard InChI is InChI=1S/C17H28ClN3O/c1-13-11-21(12-14(2)22-13)17-7-6-15(10-16(17)18)20-9-5-3-4-8-19/h6-7,10,13-14,20H,3-5,8-9,11-12,19H2,1-2H3. The van der Waals surface area contributed by atoms with Crippen molar-refractivity contribution in [1.82, 2.24) is 0 Å². The van der Waals surface area contributed by atoms with Gasteiger partial charge in [-0.15, -0.1) is 0 Å². The van der Waals surface area contributed by atoms with Crippen LogP contribution < -0.4 is 16.0 Å². The minimum Gasteiger partial charge on any atom is -0.385 e. The van der Waals surface area contributed by atoms with Crippen LogP contribution in [0, 0.1) is 0 Å². The second-order valence-electron chi connectivity index (χ2n) is 6.10. The number of halogens is 1. The molecule has 0 aliphatic carbocycles. The van der Waals surface area contributed by atoms with Crippen LogP contribution >= 0.6 is 11.6 Å². The Labute approximate surface area is 139 Å². The lowest BCUT2D eigenvalue weighted by atomic mass is 10.2. The van der Waals surface area contributed by atoms with Crippen LogP contribution in [-0.4, -0.2) is 38.4 Å². The zero-order chi connectivity index (χ0) is 15.9. The Morgan fingerprint density at radius 3 is 2.59 bits per heavy atom. The van der Waals surface area contributed by atoms with Gasteiger partial charge in [-0.3, -0.25) is 0 Å². The van der Waals surface area contributed by atoms with Crippen molar-refractivity contribution in [2.24, 2.45) is 5.73 Å². The molecule has 2 rings (SSSR count). The van der Waals surface area contributed by atoms with E-state index < -0.39 is 0 Å². The van der Waals surface area contributed by atoms with Gasteiger partial charge in [0.2, 0.25) is 0 Å². The van der Waals surface area contributed by atoms with E-state index in [4.69, 9.17) is 22.1 Å². The van der Waals surface area contributed by atoms with E-state index in [0.717, 1.165) is 55.4 Å². The molecule has 0 aromatic heterocycles. The summed E-state index contributed by atoms with van der Waals surface area (Å²) in [7, 11) is 0. The van der Waals surface area contributed by atoms with Gasteiger partial charge in [-0.25, -0.2) is 0 Å². The van der Waals surface area contributed by atoms with Gasteiger partial charge in [0, 0.05) is 25.3 Å². The van der Waals surface area contributed by atoms with E-state index in [-0.39, 0.29) is 12.2 Å². The molecule has 1 aliphatic heterocycles. The highest BCUT2D eigenvalue weighted by Gasteiger charge is 2.23. The average molecular weight is 326 g/mol. The van der Waals surface area contributed by atoms with Crippen LogP contribution in [-0.2, 0) is 4.74 Å². The molecule has 1 aromatic carbocycles. The molecule has 0 bridgehead atoms. The zero-order valence-corrected chi connectivity index (χ0v) is 14.4. The van der Waals surface area contributed by atoms with Crippen molar-refractivity contribution in [2.45, 2.75) is 45.3 Å². The summed E-state index contributed by atoms with van der Waals surface area (Å²) in [6.45, 7) is 7.71. The molecule has 1 heterocycles. The third-order valence-electron chi connectivity index (χ3n) is 3.92. The molecule has 1 aliphatic rings. The Morgan fingerprint density at radius 2 is 1.95 bits per heavy atom. The van der Waals surface area contributed by atoms with Crippen molar-refractivity contribution in [3.63, 3.8) is 0 Å². The molecule has 124 valence electrons. The number of rotatable bonds is 7. The van der Waals surface area contributed by atoms with Crippen LogP contribution in [0.2, 0.25) is 5.02 Å². The molecule has 0 amide bonds. The fraction of sp³-hybridized carbons (Fsp3) is 0.647. The smallest absolute Gasteiger partial charge is 0.0726 e. The molecule has 2 atom stereocenters. The quantitative estimate of drug-likeness (QED) is 0.753. The molecule has 0 saturated carbocycles. The summed E-state index contributed by atoms with van der Waals surface area (Å²) in [4.78, 5) is 2.31. The average Bonchev–Trinajstić information content (AvgIpc) is 2.46. The van der Waals surface area contributed by atoms with Crippen LogP contribution in [0.25, 0.3) is 0 Å². The van der Waals surface area contributed by atoms with Crippen LogP contribution in [0.3, 0.4) is 0 Å². The molecule has 1 saturated heterocycles. The van der Waals surface area contributed by atoms with E-state index in [2.05, 4.69) is 36.2 Å². The van der Waals surface area contributed by atoms with E-state index in [1.54, 1.807) is 0 Å². The summed E-state index contributed by atoms with van der Waals surface area (Å²) in [5, 5.41) is 4.22. The Morgan fingerprint density at radius 1 is 1.23 bits per heavy atom. The molecule has 1 fully saturated rings. The van der Waals surface area contributed by atoms with Gasteiger partial charge in [0.1, 0.15) is 0 Å². The number of anilines is 2. The Balaban J connectivity index is 1.91. The first kappa shape index (κ1) is 17.4. The lowest BCUT2D eigenvalue weighted by molar-refractivity contribution is -0.00520. The number of hydrogen-bond acceptors (Lipinski definition) is 4. The molecule has 0 spiro atoms. The van der Waals surface area contributed by atoms with E-state index in [0.29, 0.717) is 0 Å². The highest BCUT2D eigenvalue weighted by molar-refractivity contribution is 6.33. The first-order valence-electron chi connectivity index (χ1n) is 8.24. The van der Waals surface area contributed by atoms with Crippen LogP contribution in [0.1, 0.15) is 33.1 Å². The van der Waals surface area contributed by atoms with E-state index in [1.807, 2.05) is 6.07 Å². The number of hydrogen-bond donors (Lipinski definition) is 2. The number of nitrogens with two attached hydrogens (primary N) is 1. The number of unbranched alkanes of at least 4 members (excludes halogenated alkanes) is 2. The molecular formula is C17H28ClN3O. The lowest BCUT2D eigenvalue weighted by Crippen LogP contribution is -2.45. The first-order chi connectivity index (χ1) is 10.6. The summed E-state index contributed by atoms with van der Waals surface area (Å²) in [5.41, 5.74) is 7.67. The third-order valence-corrected chi connectivity index (χ3v) is 4.22. The van der Waals surface area contributed by atoms with Crippen molar-refractivity contribution in [1.29, 1.82) is 0 Å². The van der Waals surface area contributed by atoms with Crippen molar-refractivity contribution in [2.75, 3.05) is 36.4 Å². The SMILES string of the molecule is CC1CN(c2ccc(NCCCCCN)cc2Cl)CC(C)O1. The Kier molecular flexibility index (Phi) is 6.80. The largest absolute Gasteiger partial charge is 0.385 e. The fourth-order valence-corrected chi connectivity index (χ4v) is 3.23. The van der Waals surface area contributed by atoms with Gasteiger partial charge >= 0.3 is 0 Å². The van der Waals surface area contributed by atoms with E-state index >= 15 is 0 Å². The molecule has 1 aromatic rings. The molecule has 3 N–H and O–H groups in total. The third kappa shape index (κ3) is 5.04. The normalized spacial score (nSPS) is 21.9. The lowest BCUT2D eigenvalue weighted by Gasteiger charge is -2.37. The highest BCUT2D eigenvalue weighted by atomic mass is 35.5. The predicted molar refractivity (Wildman–Crippen MR) is 95.1 cm³/mol. The zero-order valence-electron chi connectivity index (χ0n) is 13.6. The van der Waals surface area contributed by atoms with Gasteiger partial charge in [0.05, 0.1) is 22.9 Å². The van der Waals surface area contributed by atoms with Crippen LogP contribution in [0.5, 0.6) is 0 Å². The minimum absolute atomic E-state index is 0.236. The van der Waals surface area contributed by atoms with Crippen LogP contribution in [0.15, 0.2) is 18.2 Å². The number of benzene rings is 1. The minimum atomic E-state index is 0.236. The van der Waals surface area contributed by atoms with E-state index in [1.165, 1.54) is 6.42 Å². The highest BCUT2D eigenvalue weighted by Crippen LogP contribution is 2.31. The van der Waals surface area contributed by atoms with Gasteiger partial charge in [-0.1, -0.05) is 18.0 Å². The molecule has 0 radical (unpaired) electrons. The fourth-order valence-electron chi connectivity index (χ4n) is 2.93. The molecule has 5 heteroatoms. The Hall–Kier alpha value is -0.970. The molecular weight excluding hydrogens is 298 g/mol. The van der Waals surface area contributed by atoms with Crippen molar-refractivity contribution in [3.8, 4) is 0 Å². The first-order valence-corrected chi connectivity index (χ1v) is 8.62. The van der Waals surface area contributed by atoms with Crippen molar-refractivity contribution < 1.29 is 4.74 Å². The second-order valence-corrected chi connectivity index (χ2v) is 6.51. The summed E-state index contributed by atoms with van der Waals surface area (Å²) in [5.74, 6) is 0. The van der Waals surface area contributed by atoms with Gasteiger partial charge in [0.15, 0.2) is 0 Å². The summed E-state index contributed by atoms with van der Waals surface area (Å²) in [6, 6.07) is 6.23.